The molecule has 0 saturated heterocycles. The fourth-order valence-corrected chi connectivity index (χ4v) is 5.40. The lowest BCUT2D eigenvalue weighted by Gasteiger charge is -2.34. The molecule has 0 radical (unpaired) electrons. The molecule has 1 atom stereocenters. The van der Waals surface area contributed by atoms with E-state index in [4.69, 9.17) is 34.8 Å². The molecule has 0 spiro atoms. The maximum absolute atomic E-state index is 14.3. The minimum Gasteiger partial charge on any atom is -0.350 e. The molecule has 0 saturated carbocycles. The van der Waals surface area contributed by atoms with Gasteiger partial charge in [0.25, 0.3) is 0 Å². The summed E-state index contributed by atoms with van der Waals surface area (Å²) in [6.45, 7) is 5.82. The first-order valence-electron chi connectivity index (χ1n) is 12.0. The smallest absolute Gasteiger partial charge is 0.243 e. The molecular formula is C29H30Cl3FN2O2S. The first-order chi connectivity index (χ1) is 17.9. The van der Waals surface area contributed by atoms with Crippen molar-refractivity contribution in [3.63, 3.8) is 0 Å². The zero-order valence-corrected chi connectivity index (χ0v) is 24.5. The fraction of sp³-hybridized carbons (Fsp3) is 0.310. The molecular weight excluding hydrogens is 566 g/mol. The van der Waals surface area contributed by atoms with E-state index in [1.54, 1.807) is 29.2 Å². The molecule has 3 aromatic rings. The number of nitrogens with one attached hydrogen (secondary N) is 1. The van der Waals surface area contributed by atoms with Gasteiger partial charge in [-0.15, -0.1) is 11.8 Å². The summed E-state index contributed by atoms with van der Waals surface area (Å²) < 4.78 is 14.3. The Morgan fingerprint density at radius 2 is 1.63 bits per heavy atom. The largest absolute Gasteiger partial charge is 0.350 e. The third-order valence-electron chi connectivity index (χ3n) is 5.64. The Labute approximate surface area is 242 Å². The highest BCUT2D eigenvalue weighted by Gasteiger charge is 2.32. The van der Waals surface area contributed by atoms with Crippen molar-refractivity contribution in [2.75, 3.05) is 5.75 Å². The summed E-state index contributed by atoms with van der Waals surface area (Å²) in [5.41, 5.74) is 1.49. The molecule has 0 fully saturated rings. The number of carbonyl (C=O) groups excluding carboxylic acids is 2. The van der Waals surface area contributed by atoms with Crippen LogP contribution in [0.25, 0.3) is 0 Å². The van der Waals surface area contributed by atoms with Gasteiger partial charge in [0, 0.05) is 34.8 Å². The van der Waals surface area contributed by atoms with Crippen LogP contribution in [0.1, 0.15) is 37.5 Å². The number of thioether (sulfide) groups is 1. The molecule has 1 N–H and O–H groups in total. The van der Waals surface area contributed by atoms with E-state index in [9.17, 15) is 14.0 Å². The van der Waals surface area contributed by atoms with Gasteiger partial charge in [-0.1, -0.05) is 77.3 Å². The van der Waals surface area contributed by atoms with Gasteiger partial charge in [0.05, 0.1) is 15.8 Å². The zero-order valence-electron chi connectivity index (χ0n) is 21.4. The maximum atomic E-state index is 14.3. The highest BCUT2D eigenvalue weighted by molar-refractivity contribution is 7.99. The summed E-state index contributed by atoms with van der Waals surface area (Å²) in [6, 6.07) is 18.4. The van der Waals surface area contributed by atoms with Crippen molar-refractivity contribution in [2.24, 2.45) is 0 Å². The van der Waals surface area contributed by atoms with Crippen LogP contribution in [0, 0.1) is 5.82 Å². The van der Waals surface area contributed by atoms with Crippen molar-refractivity contribution >= 4 is 58.4 Å². The molecule has 9 heteroatoms. The molecule has 38 heavy (non-hydrogen) atoms. The number of hydrogen-bond acceptors (Lipinski definition) is 3. The molecule has 0 aromatic heterocycles. The minimum atomic E-state index is -0.795. The van der Waals surface area contributed by atoms with E-state index in [1.807, 2.05) is 51.1 Å². The highest BCUT2D eigenvalue weighted by Crippen LogP contribution is 2.27. The Kier molecular flexibility index (Phi) is 10.9. The number of hydrogen-bond donors (Lipinski definition) is 1. The Hall–Kier alpha value is -2.25. The number of carbonyl (C=O) groups is 2. The molecule has 0 bridgehead atoms. The summed E-state index contributed by atoms with van der Waals surface area (Å²) in [6.07, 6.45) is 0.319. The summed E-state index contributed by atoms with van der Waals surface area (Å²) in [5.74, 6) is -0.706. The first kappa shape index (κ1) is 30.3. The van der Waals surface area contributed by atoms with Gasteiger partial charge in [0.2, 0.25) is 11.8 Å². The predicted octanol–water partition coefficient (Wildman–Crippen LogP) is 7.57. The summed E-state index contributed by atoms with van der Waals surface area (Å²) in [4.78, 5) is 28.8. The minimum absolute atomic E-state index is 0.0278. The van der Waals surface area contributed by atoms with E-state index in [1.165, 1.54) is 23.9 Å². The topological polar surface area (TPSA) is 49.4 Å². The lowest BCUT2D eigenvalue weighted by atomic mass is 10.0. The van der Waals surface area contributed by atoms with E-state index in [0.717, 1.165) is 11.1 Å². The van der Waals surface area contributed by atoms with Gasteiger partial charge in [-0.3, -0.25) is 9.59 Å². The lowest BCUT2D eigenvalue weighted by molar-refractivity contribution is -0.140. The van der Waals surface area contributed by atoms with Crippen molar-refractivity contribution in [1.29, 1.82) is 0 Å². The predicted molar refractivity (Wildman–Crippen MR) is 156 cm³/mol. The first-order valence-corrected chi connectivity index (χ1v) is 14.3. The van der Waals surface area contributed by atoms with E-state index in [2.05, 4.69) is 5.32 Å². The standard InChI is InChI=1S/C29H30Cl3FN2O2S/c1-29(2,3)34-28(37)26(15-19-8-5-4-6-9-19)35(16-20-12-13-23(31)24(32)14-20)27(36)18-38-17-21-22(30)10-7-11-25(21)33/h4-14,26H,15-18H2,1-3H3,(H,34,37)/t26-/m1/s1. The van der Waals surface area contributed by atoms with E-state index in [0.29, 0.717) is 27.1 Å². The van der Waals surface area contributed by atoms with Crippen LogP contribution in [0.4, 0.5) is 4.39 Å². The average Bonchev–Trinajstić information content (AvgIpc) is 2.84. The van der Waals surface area contributed by atoms with Crippen LogP contribution >= 0.6 is 46.6 Å². The van der Waals surface area contributed by atoms with Gasteiger partial charge >= 0.3 is 0 Å². The Balaban J connectivity index is 1.91. The molecule has 202 valence electrons. The van der Waals surface area contributed by atoms with Crippen LogP contribution < -0.4 is 5.32 Å². The highest BCUT2D eigenvalue weighted by atomic mass is 35.5. The van der Waals surface area contributed by atoms with Crippen molar-refractivity contribution in [2.45, 2.75) is 51.1 Å². The van der Waals surface area contributed by atoms with Crippen molar-refractivity contribution in [1.82, 2.24) is 10.2 Å². The molecule has 0 aliphatic rings. The monoisotopic (exact) mass is 594 g/mol. The van der Waals surface area contributed by atoms with Gasteiger partial charge in [-0.25, -0.2) is 4.39 Å². The Bertz CT molecular complexity index is 1250. The normalized spacial score (nSPS) is 12.2. The van der Waals surface area contributed by atoms with Crippen LogP contribution in [0.5, 0.6) is 0 Å². The SMILES string of the molecule is CC(C)(C)NC(=O)[C@@H](Cc1ccccc1)N(Cc1ccc(Cl)c(Cl)c1)C(=O)CSCc1c(F)cccc1Cl. The number of nitrogens with zero attached hydrogens (tertiary/aromatic N) is 1. The quantitative estimate of drug-likeness (QED) is 0.263. The molecule has 2 amide bonds. The molecule has 0 heterocycles. The molecule has 0 aliphatic carbocycles. The molecule has 4 nitrogen and oxygen atoms in total. The lowest BCUT2D eigenvalue weighted by Crippen LogP contribution is -2.54. The number of amides is 2. The van der Waals surface area contributed by atoms with Crippen LogP contribution in [0.3, 0.4) is 0 Å². The van der Waals surface area contributed by atoms with Crippen LogP contribution in [-0.4, -0.2) is 34.0 Å². The van der Waals surface area contributed by atoms with Gasteiger partial charge < -0.3 is 10.2 Å². The van der Waals surface area contributed by atoms with Crippen molar-refractivity contribution in [3.8, 4) is 0 Å². The van der Waals surface area contributed by atoms with Crippen LogP contribution in [0.2, 0.25) is 15.1 Å². The third-order valence-corrected chi connectivity index (χ3v) is 7.68. The molecule has 0 aliphatic heterocycles. The van der Waals surface area contributed by atoms with Crippen molar-refractivity contribution in [3.05, 3.63) is 104 Å². The second kappa shape index (κ2) is 13.7. The fourth-order valence-electron chi connectivity index (χ4n) is 3.84. The number of benzene rings is 3. The molecule has 3 aromatic carbocycles. The van der Waals surface area contributed by atoms with Gasteiger partial charge in [-0.05, 0) is 56.2 Å². The zero-order chi connectivity index (χ0) is 27.9. The Morgan fingerprint density at radius 1 is 0.921 bits per heavy atom. The Morgan fingerprint density at radius 3 is 2.26 bits per heavy atom. The van der Waals surface area contributed by atoms with E-state index in [-0.39, 0.29) is 29.9 Å². The van der Waals surface area contributed by atoms with E-state index < -0.39 is 17.4 Å². The van der Waals surface area contributed by atoms with Gasteiger partial charge in [0.15, 0.2) is 0 Å². The summed E-state index contributed by atoms with van der Waals surface area (Å²) in [7, 11) is 0. The molecule has 0 unspecified atom stereocenters. The summed E-state index contributed by atoms with van der Waals surface area (Å²) >= 11 is 19.8. The van der Waals surface area contributed by atoms with Gasteiger partial charge in [0.1, 0.15) is 11.9 Å². The third kappa shape index (κ3) is 8.91. The van der Waals surface area contributed by atoms with Gasteiger partial charge in [-0.2, -0.15) is 0 Å². The summed E-state index contributed by atoms with van der Waals surface area (Å²) in [5, 5.41) is 4.09. The van der Waals surface area contributed by atoms with Crippen LogP contribution in [-0.2, 0) is 28.3 Å². The average molecular weight is 596 g/mol. The molecule has 3 rings (SSSR count). The second-order valence-electron chi connectivity index (χ2n) is 9.91. The second-order valence-corrected chi connectivity index (χ2v) is 12.1. The van der Waals surface area contributed by atoms with Crippen LogP contribution in [0.15, 0.2) is 66.7 Å². The van der Waals surface area contributed by atoms with Crippen molar-refractivity contribution < 1.29 is 14.0 Å². The maximum Gasteiger partial charge on any atom is 0.243 e. The number of halogens is 4. The number of rotatable bonds is 10. The van der Waals surface area contributed by atoms with E-state index >= 15 is 0 Å².